The number of fused-ring (bicyclic) bond motifs is 1. The lowest BCUT2D eigenvalue weighted by molar-refractivity contribution is 0.109. The molecule has 3 heterocycles. The molecule has 0 aromatic carbocycles. The summed E-state index contributed by atoms with van der Waals surface area (Å²) in [5.41, 5.74) is 4.52. The van der Waals surface area contributed by atoms with Gasteiger partial charge < -0.3 is 10.2 Å². The van der Waals surface area contributed by atoms with E-state index in [4.69, 9.17) is 22.2 Å². The number of nitrogens with zero attached hydrogens (tertiary/aromatic N) is 2. The van der Waals surface area contributed by atoms with E-state index in [0.717, 1.165) is 27.0 Å². The predicted molar refractivity (Wildman–Crippen MR) is 79.2 cm³/mol. The van der Waals surface area contributed by atoms with E-state index in [1.807, 2.05) is 6.07 Å². The minimum atomic E-state index is 0.490. The standard InChI is InChI=1S/C11H10BrClN4OS/c12-6-3-8(19-9(6)13)11-15-7-1-2-18-4-5(7)10(16-11)17-14/h3H,1-2,4,14H2,(H,15,16,17). The van der Waals surface area contributed by atoms with Crippen molar-refractivity contribution in [1.29, 1.82) is 0 Å². The number of halogens is 2. The van der Waals surface area contributed by atoms with Crippen molar-refractivity contribution in [2.45, 2.75) is 13.0 Å². The molecule has 3 rings (SSSR count). The van der Waals surface area contributed by atoms with Crippen LogP contribution in [-0.2, 0) is 17.8 Å². The molecule has 0 fully saturated rings. The van der Waals surface area contributed by atoms with Crippen molar-refractivity contribution in [3.63, 3.8) is 0 Å². The van der Waals surface area contributed by atoms with E-state index >= 15 is 0 Å². The topological polar surface area (TPSA) is 73.1 Å². The fourth-order valence-electron chi connectivity index (χ4n) is 1.92. The molecule has 8 heteroatoms. The van der Waals surface area contributed by atoms with Gasteiger partial charge in [-0.1, -0.05) is 11.6 Å². The molecule has 2 aromatic rings. The Kier molecular flexibility index (Phi) is 3.72. The predicted octanol–water partition coefficient (Wildman–Crippen LogP) is 2.98. The Morgan fingerprint density at radius 3 is 3.00 bits per heavy atom. The summed E-state index contributed by atoms with van der Waals surface area (Å²) < 4.78 is 6.94. The van der Waals surface area contributed by atoms with Crippen LogP contribution in [0.3, 0.4) is 0 Å². The van der Waals surface area contributed by atoms with Gasteiger partial charge in [0.1, 0.15) is 10.2 Å². The molecule has 100 valence electrons. The Hall–Kier alpha value is -0.730. The number of thiophene rings is 1. The van der Waals surface area contributed by atoms with Crippen LogP contribution in [0.5, 0.6) is 0 Å². The smallest absolute Gasteiger partial charge is 0.172 e. The van der Waals surface area contributed by atoms with E-state index in [1.54, 1.807) is 0 Å². The van der Waals surface area contributed by atoms with Gasteiger partial charge in [0, 0.05) is 16.5 Å². The monoisotopic (exact) mass is 360 g/mol. The molecule has 0 spiro atoms. The highest BCUT2D eigenvalue weighted by atomic mass is 79.9. The summed E-state index contributed by atoms with van der Waals surface area (Å²) in [6, 6.07) is 1.91. The molecular formula is C11H10BrClN4OS. The van der Waals surface area contributed by atoms with E-state index in [2.05, 4.69) is 31.3 Å². The maximum atomic E-state index is 6.05. The van der Waals surface area contributed by atoms with Crippen molar-refractivity contribution in [1.82, 2.24) is 9.97 Å². The van der Waals surface area contributed by atoms with Gasteiger partial charge in [-0.05, 0) is 22.0 Å². The van der Waals surface area contributed by atoms with E-state index in [-0.39, 0.29) is 0 Å². The lowest BCUT2D eigenvalue weighted by Gasteiger charge is -2.18. The Bertz CT molecular complexity index is 597. The maximum absolute atomic E-state index is 6.05. The second-order valence-corrected chi connectivity index (χ2v) is 6.51. The molecule has 0 atom stereocenters. The number of hydrogen-bond donors (Lipinski definition) is 2. The Labute approximate surface area is 127 Å². The molecule has 0 aliphatic carbocycles. The molecule has 19 heavy (non-hydrogen) atoms. The van der Waals surface area contributed by atoms with Crippen molar-refractivity contribution in [3.8, 4) is 10.7 Å². The van der Waals surface area contributed by atoms with Crippen LogP contribution in [0.1, 0.15) is 11.3 Å². The van der Waals surface area contributed by atoms with Crippen LogP contribution in [0.2, 0.25) is 4.34 Å². The minimum Gasteiger partial charge on any atom is -0.376 e. The number of nitrogen functional groups attached to an aromatic ring is 1. The molecule has 1 aliphatic rings. The third-order valence-electron chi connectivity index (χ3n) is 2.82. The molecule has 0 saturated carbocycles. The van der Waals surface area contributed by atoms with Gasteiger partial charge in [-0.15, -0.1) is 11.3 Å². The minimum absolute atomic E-state index is 0.490. The summed E-state index contributed by atoms with van der Waals surface area (Å²) in [5, 5.41) is 0. The Morgan fingerprint density at radius 1 is 1.47 bits per heavy atom. The van der Waals surface area contributed by atoms with Crippen LogP contribution in [0.15, 0.2) is 10.5 Å². The van der Waals surface area contributed by atoms with Crippen molar-refractivity contribution < 1.29 is 4.74 Å². The SMILES string of the molecule is NNc1nc(-c2cc(Br)c(Cl)s2)nc2c1COCC2. The van der Waals surface area contributed by atoms with E-state index < -0.39 is 0 Å². The van der Waals surface area contributed by atoms with Crippen molar-refractivity contribution in [3.05, 3.63) is 26.1 Å². The first-order valence-corrected chi connectivity index (χ1v) is 7.57. The molecule has 2 aromatic heterocycles. The molecule has 0 amide bonds. The van der Waals surface area contributed by atoms with Gasteiger partial charge >= 0.3 is 0 Å². The van der Waals surface area contributed by atoms with Gasteiger partial charge in [-0.25, -0.2) is 15.8 Å². The molecule has 0 bridgehead atoms. The average Bonchev–Trinajstić information content (AvgIpc) is 2.77. The first kappa shape index (κ1) is 13.3. The quantitative estimate of drug-likeness (QED) is 0.635. The van der Waals surface area contributed by atoms with Crippen LogP contribution < -0.4 is 11.3 Å². The zero-order chi connectivity index (χ0) is 13.4. The molecule has 1 aliphatic heterocycles. The number of rotatable bonds is 2. The van der Waals surface area contributed by atoms with E-state index in [1.165, 1.54) is 11.3 Å². The van der Waals surface area contributed by atoms with Crippen LogP contribution in [0.25, 0.3) is 10.7 Å². The maximum Gasteiger partial charge on any atom is 0.172 e. The van der Waals surface area contributed by atoms with E-state index in [0.29, 0.717) is 29.2 Å². The molecule has 0 saturated heterocycles. The number of nitrogens with two attached hydrogens (primary N) is 1. The van der Waals surface area contributed by atoms with Crippen LogP contribution in [0.4, 0.5) is 5.82 Å². The van der Waals surface area contributed by atoms with Gasteiger partial charge in [0.15, 0.2) is 5.82 Å². The molecular weight excluding hydrogens is 352 g/mol. The lowest BCUT2D eigenvalue weighted by Crippen LogP contribution is -2.19. The second kappa shape index (κ2) is 5.34. The van der Waals surface area contributed by atoms with Crippen LogP contribution in [-0.4, -0.2) is 16.6 Å². The zero-order valence-corrected chi connectivity index (χ0v) is 12.9. The summed E-state index contributed by atoms with van der Waals surface area (Å²) >= 11 is 10.9. The summed E-state index contributed by atoms with van der Waals surface area (Å²) in [4.78, 5) is 9.93. The average molecular weight is 362 g/mol. The zero-order valence-electron chi connectivity index (χ0n) is 9.74. The van der Waals surface area contributed by atoms with Gasteiger partial charge in [0.05, 0.1) is 23.8 Å². The number of aromatic nitrogens is 2. The number of hydrogen-bond acceptors (Lipinski definition) is 6. The highest BCUT2D eigenvalue weighted by Gasteiger charge is 2.19. The molecule has 0 radical (unpaired) electrons. The summed E-state index contributed by atoms with van der Waals surface area (Å²) in [6.07, 6.45) is 0.764. The van der Waals surface area contributed by atoms with E-state index in [9.17, 15) is 0 Å². The molecule has 5 nitrogen and oxygen atoms in total. The highest BCUT2D eigenvalue weighted by Crippen LogP contribution is 2.37. The number of hydrazine groups is 1. The summed E-state index contributed by atoms with van der Waals surface area (Å²) in [7, 11) is 0. The fourth-order valence-corrected chi connectivity index (χ4v) is 3.55. The van der Waals surface area contributed by atoms with Gasteiger partial charge in [0.25, 0.3) is 0 Å². The van der Waals surface area contributed by atoms with Gasteiger partial charge in [-0.2, -0.15) is 0 Å². The van der Waals surface area contributed by atoms with Gasteiger partial charge in [0.2, 0.25) is 0 Å². The Morgan fingerprint density at radius 2 is 2.32 bits per heavy atom. The third-order valence-corrected chi connectivity index (χ3v) is 5.30. The molecule has 3 N–H and O–H groups in total. The Balaban J connectivity index is 2.11. The first-order chi connectivity index (χ1) is 9.19. The van der Waals surface area contributed by atoms with Crippen molar-refractivity contribution in [2.75, 3.05) is 12.0 Å². The highest BCUT2D eigenvalue weighted by molar-refractivity contribution is 9.10. The lowest BCUT2D eigenvalue weighted by atomic mass is 10.1. The van der Waals surface area contributed by atoms with Crippen molar-refractivity contribution in [2.24, 2.45) is 5.84 Å². The normalized spacial score (nSPS) is 14.3. The summed E-state index contributed by atoms with van der Waals surface area (Å²) in [6.45, 7) is 1.16. The van der Waals surface area contributed by atoms with Crippen molar-refractivity contribution >= 4 is 44.7 Å². The second-order valence-electron chi connectivity index (χ2n) is 4.00. The first-order valence-electron chi connectivity index (χ1n) is 5.58. The largest absolute Gasteiger partial charge is 0.376 e. The fraction of sp³-hybridized carbons (Fsp3) is 0.273. The number of anilines is 1. The van der Waals surface area contributed by atoms with Crippen LogP contribution >= 0.6 is 38.9 Å². The molecule has 0 unspecified atom stereocenters. The number of nitrogens with one attached hydrogen (secondary N) is 1. The third kappa shape index (κ3) is 2.48. The van der Waals surface area contributed by atoms with Crippen LogP contribution in [0, 0.1) is 0 Å². The number of ether oxygens (including phenoxy) is 1. The summed E-state index contributed by atoms with van der Waals surface area (Å²) in [5.74, 6) is 6.77. The van der Waals surface area contributed by atoms with Gasteiger partial charge in [-0.3, -0.25) is 0 Å².